The number of amides is 1. The standard InChI is InChI=1S/C21H26ClN3O/c22-19-9-4-10-20(16-19)25-14-12-24(13-15-25)17-21(26)23-11-5-8-18-6-2-1-3-7-18/h1-4,6-7,9-10,16H,5,8,11-15,17H2,(H,23,26). The Morgan fingerprint density at radius 3 is 2.50 bits per heavy atom. The molecule has 2 aromatic carbocycles. The van der Waals surface area contributed by atoms with Gasteiger partial charge in [-0.25, -0.2) is 0 Å². The van der Waals surface area contributed by atoms with Crippen molar-refractivity contribution in [2.24, 2.45) is 0 Å². The molecule has 1 aliphatic heterocycles. The highest BCUT2D eigenvalue weighted by molar-refractivity contribution is 6.30. The van der Waals surface area contributed by atoms with E-state index in [0.717, 1.165) is 56.3 Å². The van der Waals surface area contributed by atoms with Gasteiger partial charge in [0.1, 0.15) is 0 Å². The first kappa shape index (κ1) is 18.7. The Morgan fingerprint density at radius 1 is 1.00 bits per heavy atom. The second-order valence-electron chi connectivity index (χ2n) is 6.68. The van der Waals surface area contributed by atoms with Gasteiger partial charge in [0, 0.05) is 43.4 Å². The molecule has 138 valence electrons. The van der Waals surface area contributed by atoms with E-state index < -0.39 is 0 Å². The van der Waals surface area contributed by atoms with Gasteiger partial charge in [0.15, 0.2) is 0 Å². The fraction of sp³-hybridized carbons (Fsp3) is 0.381. The van der Waals surface area contributed by atoms with Gasteiger partial charge in [-0.05, 0) is 36.6 Å². The summed E-state index contributed by atoms with van der Waals surface area (Å²) in [5.74, 6) is 0.120. The molecule has 0 aromatic heterocycles. The Kier molecular flexibility index (Phi) is 6.92. The third-order valence-electron chi connectivity index (χ3n) is 4.72. The highest BCUT2D eigenvalue weighted by Crippen LogP contribution is 2.20. The highest BCUT2D eigenvalue weighted by Gasteiger charge is 2.19. The lowest BCUT2D eigenvalue weighted by Crippen LogP contribution is -2.49. The number of nitrogens with zero attached hydrogens (tertiary/aromatic N) is 2. The van der Waals surface area contributed by atoms with Crippen LogP contribution in [0, 0.1) is 0 Å². The number of hydrogen-bond acceptors (Lipinski definition) is 3. The molecule has 1 amide bonds. The molecule has 1 saturated heterocycles. The molecule has 0 spiro atoms. The summed E-state index contributed by atoms with van der Waals surface area (Å²) in [6, 6.07) is 18.3. The van der Waals surface area contributed by atoms with Crippen LogP contribution in [0.3, 0.4) is 0 Å². The minimum absolute atomic E-state index is 0.120. The van der Waals surface area contributed by atoms with Gasteiger partial charge in [-0.3, -0.25) is 9.69 Å². The first-order valence-electron chi connectivity index (χ1n) is 9.24. The van der Waals surface area contributed by atoms with Crippen molar-refractivity contribution in [3.05, 3.63) is 65.2 Å². The quantitative estimate of drug-likeness (QED) is 0.759. The van der Waals surface area contributed by atoms with Gasteiger partial charge in [-0.2, -0.15) is 0 Å². The van der Waals surface area contributed by atoms with Crippen molar-refractivity contribution in [3.63, 3.8) is 0 Å². The number of rotatable bonds is 7. The number of anilines is 1. The van der Waals surface area contributed by atoms with E-state index in [9.17, 15) is 4.79 Å². The number of carbonyl (C=O) groups is 1. The van der Waals surface area contributed by atoms with Crippen LogP contribution in [0.15, 0.2) is 54.6 Å². The van der Waals surface area contributed by atoms with Crippen molar-refractivity contribution in [2.75, 3.05) is 44.2 Å². The van der Waals surface area contributed by atoms with Crippen LogP contribution in [0.2, 0.25) is 5.02 Å². The first-order valence-corrected chi connectivity index (χ1v) is 9.62. The molecule has 4 nitrogen and oxygen atoms in total. The minimum atomic E-state index is 0.120. The predicted octanol–water partition coefficient (Wildman–Crippen LogP) is 3.21. The summed E-state index contributed by atoms with van der Waals surface area (Å²) in [5.41, 5.74) is 2.47. The molecule has 0 unspecified atom stereocenters. The summed E-state index contributed by atoms with van der Waals surface area (Å²) >= 11 is 6.07. The van der Waals surface area contributed by atoms with Gasteiger partial charge >= 0.3 is 0 Å². The maximum atomic E-state index is 12.1. The van der Waals surface area contributed by atoms with Crippen LogP contribution < -0.4 is 10.2 Å². The Labute approximate surface area is 160 Å². The predicted molar refractivity (Wildman–Crippen MR) is 108 cm³/mol. The largest absolute Gasteiger partial charge is 0.369 e. The van der Waals surface area contributed by atoms with E-state index in [0.29, 0.717) is 6.54 Å². The third-order valence-corrected chi connectivity index (χ3v) is 4.96. The Bertz CT molecular complexity index is 699. The van der Waals surface area contributed by atoms with Crippen molar-refractivity contribution in [3.8, 4) is 0 Å². The summed E-state index contributed by atoms with van der Waals surface area (Å²) in [4.78, 5) is 16.7. The van der Waals surface area contributed by atoms with E-state index in [1.807, 2.05) is 24.3 Å². The van der Waals surface area contributed by atoms with Gasteiger partial charge in [-0.15, -0.1) is 0 Å². The number of nitrogens with one attached hydrogen (secondary N) is 1. The van der Waals surface area contributed by atoms with Crippen LogP contribution in [-0.4, -0.2) is 50.1 Å². The maximum Gasteiger partial charge on any atom is 0.234 e. The number of halogens is 1. The fourth-order valence-electron chi connectivity index (χ4n) is 3.26. The van der Waals surface area contributed by atoms with Crippen LogP contribution in [0.1, 0.15) is 12.0 Å². The summed E-state index contributed by atoms with van der Waals surface area (Å²) in [7, 11) is 0. The fourth-order valence-corrected chi connectivity index (χ4v) is 3.45. The normalized spacial score (nSPS) is 15.0. The smallest absolute Gasteiger partial charge is 0.234 e. The number of piperazine rings is 1. The Morgan fingerprint density at radius 2 is 1.77 bits per heavy atom. The molecule has 0 bridgehead atoms. The summed E-state index contributed by atoms with van der Waals surface area (Å²) in [6.07, 6.45) is 1.97. The molecule has 5 heteroatoms. The molecule has 0 atom stereocenters. The molecular formula is C21H26ClN3O. The first-order chi connectivity index (χ1) is 12.7. The maximum absolute atomic E-state index is 12.1. The lowest BCUT2D eigenvalue weighted by Gasteiger charge is -2.35. The van der Waals surface area contributed by atoms with Crippen LogP contribution in [0.4, 0.5) is 5.69 Å². The molecule has 0 radical (unpaired) electrons. The van der Waals surface area contributed by atoms with Crippen molar-refractivity contribution >= 4 is 23.2 Å². The second kappa shape index (κ2) is 9.60. The van der Waals surface area contributed by atoms with E-state index >= 15 is 0 Å². The van der Waals surface area contributed by atoms with Crippen LogP contribution in [0.5, 0.6) is 0 Å². The average molecular weight is 372 g/mol. The van der Waals surface area contributed by atoms with E-state index in [4.69, 9.17) is 11.6 Å². The summed E-state index contributed by atoms with van der Waals surface area (Å²) < 4.78 is 0. The second-order valence-corrected chi connectivity index (χ2v) is 7.12. The van der Waals surface area contributed by atoms with E-state index in [-0.39, 0.29) is 5.91 Å². The Balaban J connectivity index is 1.33. The van der Waals surface area contributed by atoms with Crippen molar-refractivity contribution in [2.45, 2.75) is 12.8 Å². The molecule has 0 aliphatic carbocycles. The monoisotopic (exact) mass is 371 g/mol. The molecule has 1 fully saturated rings. The molecule has 0 saturated carbocycles. The van der Waals surface area contributed by atoms with Crippen LogP contribution in [0.25, 0.3) is 0 Å². The van der Waals surface area contributed by atoms with Crippen molar-refractivity contribution in [1.29, 1.82) is 0 Å². The van der Waals surface area contributed by atoms with Crippen molar-refractivity contribution in [1.82, 2.24) is 10.2 Å². The lowest BCUT2D eigenvalue weighted by atomic mass is 10.1. The minimum Gasteiger partial charge on any atom is -0.369 e. The van der Waals surface area contributed by atoms with Crippen LogP contribution in [-0.2, 0) is 11.2 Å². The summed E-state index contributed by atoms with van der Waals surface area (Å²) in [5, 5.41) is 3.80. The zero-order chi connectivity index (χ0) is 18.2. The number of benzene rings is 2. The molecule has 26 heavy (non-hydrogen) atoms. The van der Waals surface area contributed by atoms with Gasteiger partial charge < -0.3 is 10.2 Å². The van der Waals surface area contributed by atoms with E-state index in [2.05, 4.69) is 45.4 Å². The zero-order valence-corrected chi connectivity index (χ0v) is 15.8. The number of hydrogen-bond donors (Lipinski definition) is 1. The van der Waals surface area contributed by atoms with Gasteiger partial charge in [-0.1, -0.05) is 48.0 Å². The summed E-state index contributed by atoms with van der Waals surface area (Å²) in [6.45, 7) is 4.84. The van der Waals surface area contributed by atoms with Crippen LogP contribution >= 0.6 is 11.6 Å². The molecule has 1 aliphatic rings. The van der Waals surface area contributed by atoms with E-state index in [1.165, 1.54) is 5.56 Å². The molecule has 3 rings (SSSR count). The lowest BCUT2D eigenvalue weighted by molar-refractivity contribution is -0.122. The highest BCUT2D eigenvalue weighted by atomic mass is 35.5. The Hall–Kier alpha value is -2.04. The SMILES string of the molecule is O=C(CN1CCN(c2cccc(Cl)c2)CC1)NCCCc1ccccc1. The average Bonchev–Trinajstić information content (AvgIpc) is 2.67. The van der Waals surface area contributed by atoms with Gasteiger partial charge in [0.2, 0.25) is 5.91 Å². The zero-order valence-electron chi connectivity index (χ0n) is 15.0. The molecule has 1 heterocycles. The molecule has 2 aromatic rings. The third kappa shape index (κ3) is 5.75. The molecule has 1 N–H and O–H groups in total. The van der Waals surface area contributed by atoms with Gasteiger partial charge in [0.05, 0.1) is 6.54 Å². The van der Waals surface area contributed by atoms with E-state index in [1.54, 1.807) is 0 Å². The number of aryl methyl sites for hydroxylation is 1. The number of carbonyl (C=O) groups excluding carboxylic acids is 1. The molecular weight excluding hydrogens is 346 g/mol. The van der Waals surface area contributed by atoms with Gasteiger partial charge in [0.25, 0.3) is 0 Å². The topological polar surface area (TPSA) is 35.6 Å². The van der Waals surface area contributed by atoms with Crippen molar-refractivity contribution < 1.29 is 4.79 Å².